The van der Waals surface area contributed by atoms with Crippen molar-refractivity contribution in [1.82, 2.24) is 15.0 Å². The summed E-state index contributed by atoms with van der Waals surface area (Å²) in [5.74, 6) is -0.399. The molecule has 1 saturated carbocycles. The number of aromatic nitrogens is 3. The zero-order chi connectivity index (χ0) is 26.1. The van der Waals surface area contributed by atoms with Gasteiger partial charge in [0.15, 0.2) is 0 Å². The van der Waals surface area contributed by atoms with Crippen LogP contribution in [-0.4, -0.2) is 32.6 Å². The minimum atomic E-state index is -4.57. The zero-order valence-electron chi connectivity index (χ0n) is 20.1. The van der Waals surface area contributed by atoms with Crippen molar-refractivity contribution in [3.63, 3.8) is 0 Å². The van der Waals surface area contributed by atoms with E-state index in [1.165, 1.54) is 11.3 Å². The summed E-state index contributed by atoms with van der Waals surface area (Å²) < 4.78 is 44.2. The summed E-state index contributed by atoms with van der Waals surface area (Å²) in [7, 11) is 0. The number of aryl methyl sites for hydroxylation is 1. The van der Waals surface area contributed by atoms with Crippen molar-refractivity contribution in [2.45, 2.75) is 58.2 Å². The largest absolute Gasteiger partial charge is 0.466 e. The van der Waals surface area contributed by atoms with Crippen molar-refractivity contribution in [2.75, 3.05) is 11.9 Å². The summed E-state index contributed by atoms with van der Waals surface area (Å²) in [6.07, 6.45) is -0.0626. The molecule has 2 N–H and O–H groups in total. The molecule has 0 unspecified atom stereocenters. The average Bonchev–Trinajstić information content (AvgIpc) is 3.32. The predicted molar refractivity (Wildman–Crippen MR) is 130 cm³/mol. The van der Waals surface area contributed by atoms with Crippen LogP contribution in [0.1, 0.15) is 55.8 Å². The number of hydrogen-bond acceptors (Lipinski definition) is 8. The van der Waals surface area contributed by atoms with Crippen molar-refractivity contribution >= 4 is 28.9 Å². The van der Waals surface area contributed by atoms with Crippen molar-refractivity contribution in [3.8, 4) is 10.4 Å². The molecule has 0 amide bonds. The van der Waals surface area contributed by atoms with Crippen LogP contribution in [0.25, 0.3) is 10.4 Å². The third kappa shape index (κ3) is 5.52. The molecule has 7 nitrogen and oxygen atoms in total. The van der Waals surface area contributed by atoms with Crippen LogP contribution in [0.15, 0.2) is 36.7 Å². The molecule has 0 radical (unpaired) electrons. The fourth-order valence-corrected chi connectivity index (χ4v) is 5.31. The maximum Gasteiger partial charge on any atom is 0.433 e. The van der Waals surface area contributed by atoms with Crippen molar-refractivity contribution in [2.24, 2.45) is 5.41 Å². The number of nitrogens with one attached hydrogen (secondary N) is 1. The maximum atomic E-state index is 13.0. The standard InChI is InChI=1S/C25H27F3N4O3S/c1-4-35-21(33)23(3)6-8-24(34,9-7-23)20-30-14-18(36-20)16-11-15(2)12-17(13-16)31-22-29-10-5-19(32-22)25(26,27)28/h5,10-14,34H,4,6-9H2,1-3H3,(H,29,31,32)/t23-,24-. The lowest BCUT2D eigenvalue weighted by molar-refractivity contribution is -0.160. The molecule has 3 aromatic rings. The van der Waals surface area contributed by atoms with Crippen molar-refractivity contribution in [1.29, 1.82) is 0 Å². The van der Waals surface area contributed by atoms with Crippen LogP contribution in [0.4, 0.5) is 24.8 Å². The van der Waals surface area contributed by atoms with Crippen molar-refractivity contribution in [3.05, 3.63) is 52.9 Å². The maximum absolute atomic E-state index is 13.0. The number of nitrogens with zero attached hydrogens (tertiary/aromatic N) is 3. The van der Waals surface area contributed by atoms with E-state index in [1.54, 1.807) is 25.3 Å². The summed E-state index contributed by atoms with van der Waals surface area (Å²) in [5.41, 5.74) is -0.584. The Balaban J connectivity index is 1.53. The molecule has 192 valence electrons. The van der Waals surface area contributed by atoms with E-state index in [2.05, 4.69) is 20.3 Å². The number of esters is 1. The van der Waals surface area contributed by atoms with Crippen molar-refractivity contribution < 1.29 is 27.8 Å². The number of carbonyl (C=O) groups is 1. The molecule has 0 saturated heterocycles. The number of thiazole rings is 1. The minimum absolute atomic E-state index is 0.160. The van der Waals surface area contributed by atoms with Gasteiger partial charge >= 0.3 is 12.1 Å². The summed E-state index contributed by atoms with van der Waals surface area (Å²) in [4.78, 5) is 25.1. The van der Waals surface area contributed by atoms with Crippen LogP contribution in [0.5, 0.6) is 0 Å². The van der Waals surface area contributed by atoms with Crippen LogP contribution in [0.2, 0.25) is 0 Å². The number of anilines is 2. The molecule has 1 fully saturated rings. The van der Waals surface area contributed by atoms with E-state index in [9.17, 15) is 23.1 Å². The van der Waals surface area contributed by atoms with Gasteiger partial charge in [-0.15, -0.1) is 11.3 Å². The Bertz CT molecular complexity index is 1250. The Kier molecular flexibility index (Phi) is 7.07. The molecular weight excluding hydrogens is 493 g/mol. The van der Waals surface area contributed by atoms with Gasteiger partial charge < -0.3 is 15.2 Å². The van der Waals surface area contributed by atoms with Crippen LogP contribution in [0, 0.1) is 12.3 Å². The van der Waals surface area contributed by atoms with Gasteiger partial charge in [-0.25, -0.2) is 15.0 Å². The third-order valence-electron chi connectivity index (χ3n) is 6.42. The first-order valence-corrected chi connectivity index (χ1v) is 12.4. The Morgan fingerprint density at radius 1 is 1.19 bits per heavy atom. The second kappa shape index (κ2) is 9.78. The number of halogens is 3. The molecule has 4 rings (SSSR count). The molecule has 0 atom stereocenters. The molecule has 1 aromatic carbocycles. The summed E-state index contributed by atoms with van der Waals surface area (Å²) >= 11 is 1.35. The van der Waals surface area contributed by atoms with Gasteiger partial charge in [-0.3, -0.25) is 4.79 Å². The third-order valence-corrected chi connectivity index (χ3v) is 7.66. The molecule has 0 aliphatic heterocycles. The lowest BCUT2D eigenvalue weighted by atomic mass is 9.70. The molecule has 11 heteroatoms. The number of alkyl halides is 3. The highest BCUT2D eigenvalue weighted by atomic mass is 32.1. The Hall–Kier alpha value is -3.05. The number of aliphatic hydroxyl groups is 1. The highest BCUT2D eigenvalue weighted by Crippen LogP contribution is 2.47. The second-order valence-electron chi connectivity index (χ2n) is 9.32. The number of benzene rings is 1. The zero-order valence-corrected chi connectivity index (χ0v) is 21.0. The number of carbonyl (C=O) groups excluding carboxylic acids is 1. The molecule has 0 spiro atoms. The normalized spacial score (nSPS) is 22.3. The lowest BCUT2D eigenvalue weighted by Gasteiger charge is -2.39. The molecule has 1 aliphatic carbocycles. The van der Waals surface area contributed by atoms with E-state index in [0.29, 0.717) is 43.0 Å². The van der Waals surface area contributed by atoms with Crippen LogP contribution in [-0.2, 0) is 21.3 Å². The molecular formula is C25H27F3N4O3S. The van der Waals surface area contributed by atoms with Gasteiger partial charge in [-0.05, 0) is 75.8 Å². The molecule has 0 bridgehead atoms. The highest BCUT2D eigenvalue weighted by Gasteiger charge is 2.46. The van der Waals surface area contributed by atoms with E-state index in [1.807, 2.05) is 19.9 Å². The van der Waals surface area contributed by atoms with E-state index in [-0.39, 0.29) is 11.9 Å². The fourth-order valence-electron chi connectivity index (χ4n) is 4.26. The second-order valence-corrected chi connectivity index (χ2v) is 10.3. The predicted octanol–water partition coefficient (Wildman–Crippen LogP) is 6.00. The average molecular weight is 521 g/mol. The highest BCUT2D eigenvalue weighted by molar-refractivity contribution is 7.15. The first kappa shape index (κ1) is 26.0. The van der Waals surface area contributed by atoms with Crippen LogP contribution >= 0.6 is 11.3 Å². The van der Waals surface area contributed by atoms with Gasteiger partial charge in [0.05, 0.1) is 16.9 Å². The smallest absolute Gasteiger partial charge is 0.433 e. The lowest BCUT2D eigenvalue weighted by Crippen LogP contribution is -2.40. The molecule has 36 heavy (non-hydrogen) atoms. The monoisotopic (exact) mass is 520 g/mol. The Labute approximate surface area is 210 Å². The van der Waals surface area contributed by atoms with Gasteiger partial charge in [0, 0.05) is 18.1 Å². The SMILES string of the molecule is CCOC(=O)[C@]1(C)CC[C@](O)(c2ncc(-c3cc(C)cc(Nc4nccc(C(F)(F)F)n4)c3)s2)CC1. The Morgan fingerprint density at radius 3 is 2.58 bits per heavy atom. The van der Waals surface area contributed by atoms with E-state index >= 15 is 0 Å². The first-order valence-electron chi connectivity index (χ1n) is 11.6. The van der Waals surface area contributed by atoms with E-state index in [4.69, 9.17) is 4.74 Å². The summed E-state index contributed by atoms with van der Waals surface area (Å²) in [5, 5.41) is 14.7. The fraction of sp³-hybridized carbons (Fsp3) is 0.440. The Morgan fingerprint density at radius 2 is 1.92 bits per heavy atom. The number of rotatable bonds is 6. The first-order chi connectivity index (χ1) is 16.9. The van der Waals surface area contributed by atoms with Gasteiger partial charge in [0.2, 0.25) is 5.95 Å². The van der Waals surface area contributed by atoms with Crippen LogP contribution in [0.3, 0.4) is 0 Å². The number of hydrogen-bond donors (Lipinski definition) is 2. The van der Waals surface area contributed by atoms with Gasteiger partial charge in [0.25, 0.3) is 0 Å². The van der Waals surface area contributed by atoms with Gasteiger partial charge in [-0.2, -0.15) is 13.2 Å². The minimum Gasteiger partial charge on any atom is -0.466 e. The summed E-state index contributed by atoms with van der Waals surface area (Å²) in [6, 6.07) is 6.30. The molecule has 1 aliphatic rings. The van der Waals surface area contributed by atoms with Crippen LogP contribution < -0.4 is 5.32 Å². The quantitative estimate of drug-likeness (QED) is 0.385. The van der Waals surface area contributed by atoms with E-state index < -0.39 is 22.9 Å². The number of ether oxygens (including phenoxy) is 1. The molecule has 2 aromatic heterocycles. The van der Waals surface area contributed by atoms with Gasteiger partial charge in [-0.1, -0.05) is 6.07 Å². The topological polar surface area (TPSA) is 97.2 Å². The van der Waals surface area contributed by atoms with E-state index in [0.717, 1.165) is 28.3 Å². The molecule has 2 heterocycles. The van der Waals surface area contributed by atoms with Gasteiger partial charge in [0.1, 0.15) is 16.3 Å². The summed E-state index contributed by atoms with van der Waals surface area (Å²) in [6.45, 7) is 5.83.